The maximum Gasteiger partial charge on any atom is 0.338 e. The Labute approximate surface area is 142 Å². The fraction of sp³-hybridized carbons (Fsp3) is 0.176. The largest absolute Gasteiger partial charge is 0.462 e. The molecule has 0 aliphatic rings. The number of carbonyl (C=O) groups is 1. The number of hydrogen-bond donors (Lipinski definition) is 2. The zero-order valence-electron chi connectivity index (χ0n) is 12.9. The first-order chi connectivity index (χ1) is 11.6. The van der Waals surface area contributed by atoms with Gasteiger partial charge in [0, 0.05) is 17.1 Å². The molecule has 3 aromatic rings. The van der Waals surface area contributed by atoms with Gasteiger partial charge in [0.05, 0.1) is 23.2 Å². The minimum Gasteiger partial charge on any atom is -0.462 e. The molecule has 0 spiro atoms. The van der Waals surface area contributed by atoms with Crippen molar-refractivity contribution in [1.82, 2.24) is 9.97 Å². The number of nitrogens with one attached hydrogen (secondary N) is 2. The van der Waals surface area contributed by atoms with Gasteiger partial charge < -0.3 is 15.0 Å². The van der Waals surface area contributed by atoms with Crippen molar-refractivity contribution in [2.75, 3.05) is 11.9 Å². The summed E-state index contributed by atoms with van der Waals surface area (Å²) in [5.41, 5.74) is 2.18. The molecule has 1 heterocycles. The van der Waals surface area contributed by atoms with Gasteiger partial charge in [-0.25, -0.2) is 14.2 Å². The van der Waals surface area contributed by atoms with Crippen LogP contribution in [0.5, 0.6) is 0 Å². The molecule has 0 bridgehead atoms. The van der Waals surface area contributed by atoms with Crippen LogP contribution in [0.15, 0.2) is 36.4 Å². The Hall–Kier alpha value is -2.60. The van der Waals surface area contributed by atoms with Crippen molar-refractivity contribution in [2.45, 2.75) is 13.5 Å². The summed E-state index contributed by atoms with van der Waals surface area (Å²) in [5.74, 6) is -0.303. The number of esters is 1. The molecule has 24 heavy (non-hydrogen) atoms. The number of hydrogen-bond acceptors (Lipinski definition) is 4. The summed E-state index contributed by atoms with van der Waals surface area (Å²) >= 11 is 6.00. The van der Waals surface area contributed by atoms with E-state index in [0.29, 0.717) is 39.7 Å². The van der Waals surface area contributed by atoms with E-state index < -0.39 is 0 Å². The molecule has 0 aliphatic heterocycles. The predicted molar refractivity (Wildman–Crippen MR) is 90.8 cm³/mol. The Morgan fingerprint density at radius 2 is 2.21 bits per heavy atom. The van der Waals surface area contributed by atoms with E-state index in [0.717, 1.165) is 0 Å². The van der Waals surface area contributed by atoms with Crippen molar-refractivity contribution < 1.29 is 13.9 Å². The van der Waals surface area contributed by atoms with Crippen molar-refractivity contribution in [3.05, 3.63) is 58.4 Å². The monoisotopic (exact) mass is 347 g/mol. The van der Waals surface area contributed by atoms with Crippen molar-refractivity contribution in [1.29, 1.82) is 0 Å². The normalized spacial score (nSPS) is 10.8. The van der Waals surface area contributed by atoms with E-state index in [9.17, 15) is 9.18 Å². The number of ether oxygens (including phenoxy) is 1. The van der Waals surface area contributed by atoms with E-state index in [2.05, 4.69) is 15.3 Å². The molecule has 0 aliphatic carbocycles. The molecule has 5 nitrogen and oxygen atoms in total. The molecule has 3 rings (SSSR count). The molecule has 0 atom stereocenters. The molecule has 0 saturated carbocycles. The van der Waals surface area contributed by atoms with Crippen molar-refractivity contribution in [3.63, 3.8) is 0 Å². The summed E-state index contributed by atoms with van der Waals surface area (Å²) in [6.45, 7) is 2.26. The fourth-order valence-corrected chi connectivity index (χ4v) is 2.54. The number of aromatic nitrogens is 2. The van der Waals surface area contributed by atoms with E-state index in [-0.39, 0.29) is 18.3 Å². The Bertz CT molecular complexity index is 874. The van der Waals surface area contributed by atoms with Crippen LogP contribution >= 0.6 is 11.6 Å². The maximum atomic E-state index is 13.8. The van der Waals surface area contributed by atoms with E-state index in [1.807, 2.05) is 0 Å². The summed E-state index contributed by atoms with van der Waals surface area (Å²) in [4.78, 5) is 19.1. The molecule has 7 heteroatoms. The number of H-pyrrole nitrogens is 1. The predicted octanol–water partition coefficient (Wildman–Crippen LogP) is 4.14. The van der Waals surface area contributed by atoms with Gasteiger partial charge in [0.25, 0.3) is 0 Å². The van der Waals surface area contributed by atoms with Crippen molar-refractivity contribution in [3.8, 4) is 0 Å². The summed E-state index contributed by atoms with van der Waals surface area (Å²) in [7, 11) is 0. The fourth-order valence-electron chi connectivity index (χ4n) is 2.31. The molecule has 0 saturated heterocycles. The highest BCUT2D eigenvalue weighted by Crippen LogP contribution is 2.21. The number of nitrogens with zero attached hydrogens (tertiary/aromatic N) is 1. The second-order valence-corrected chi connectivity index (χ2v) is 5.50. The number of benzene rings is 2. The second kappa shape index (κ2) is 6.88. The Morgan fingerprint density at radius 1 is 1.38 bits per heavy atom. The van der Waals surface area contributed by atoms with Gasteiger partial charge >= 0.3 is 5.97 Å². The van der Waals surface area contributed by atoms with Crippen LogP contribution in [0, 0.1) is 5.82 Å². The molecular weight excluding hydrogens is 333 g/mol. The van der Waals surface area contributed by atoms with Gasteiger partial charge in [-0.15, -0.1) is 0 Å². The molecule has 124 valence electrons. The van der Waals surface area contributed by atoms with E-state index in [1.165, 1.54) is 6.07 Å². The smallest absolute Gasteiger partial charge is 0.338 e. The Kier molecular flexibility index (Phi) is 4.66. The highest BCUT2D eigenvalue weighted by Gasteiger charge is 2.11. The summed E-state index contributed by atoms with van der Waals surface area (Å²) in [5, 5.41) is 3.35. The molecule has 2 N–H and O–H groups in total. The van der Waals surface area contributed by atoms with Crippen LogP contribution in [0.4, 0.5) is 10.3 Å². The quantitative estimate of drug-likeness (QED) is 0.680. The SMILES string of the molecule is CCOC(=O)c1ccc2nc(NCc3c(F)cccc3Cl)[nH]c2c1. The zero-order valence-corrected chi connectivity index (χ0v) is 13.7. The number of anilines is 1. The number of fused-ring (bicyclic) bond motifs is 1. The molecule has 1 aromatic heterocycles. The van der Waals surface area contributed by atoms with Gasteiger partial charge in [-0.05, 0) is 37.3 Å². The standard InChI is InChI=1S/C17H15ClFN3O2/c1-2-24-16(23)10-6-7-14-15(8-10)22-17(21-14)20-9-11-12(18)4-3-5-13(11)19/h3-8H,2,9H2,1H3,(H2,20,21,22). The lowest BCUT2D eigenvalue weighted by Gasteiger charge is -2.06. The van der Waals surface area contributed by atoms with Crippen LogP contribution in [-0.4, -0.2) is 22.5 Å². The highest BCUT2D eigenvalue weighted by atomic mass is 35.5. The summed E-state index contributed by atoms with van der Waals surface area (Å²) in [6, 6.07) is 9.58. The Morgan fingerprint density at radius 3 is 2.96 bits per heavy atom. The third-order valence-electron chi connectivity index (χ3n) is 3.49. The van der Waals surface area contributed by atoms with Crippen LogP contribution in [0.2, 0.25) is 5.02 Å². The first-order valence-electron chi connectivity index (χ1n) is 7.42. The van der Waals surface area contributed by atoms with Crippen LogP contribution in [0.25, 0.3) is 11.0 Å². The van der Waals surface area contributed by atoms with Crippen LogP contribution in [0.3, 0.4) is 0 Å². The number of halogens is 2. The van der Waals surface area contributed by atoms with E-state index in [4.69, 9.17) is 16.3 Å². The lowest BCUT2D eigenvalue weighted by atomic mass is 10.2. The molecule has 0 unspecified atom stereocenters. The van der Waals surface area contributed by atoms with Gasteiger partial charge in [0.15, 0.2) is 0 Å². The van der Waals surface area contributed by atoms with Gasteiger partial charge in [-0.3, -0.25) is 0 Å². The summed E-state index contributed by atoms with van der Waals surface area (Å²) in [6.07, 6.45) is 0. The first kappa shape index (κ1) is 16.3. The minimum atomic E-state index is -0.387. The van der Waals surface area contributed by atoms with Gasteiger partial charge in [0.2, 0.25) is 5.95 Å². The molecule has 0 radical (unpaired) electrons. The Balaban J connectivity index is 1.80. The van der Waals surface area contributed by atoms with Gasteiger partial charge in [-0.2, -0.15) is 0 Å². The second-order valence-electron chi connectivity index (χ2n) is 5.09. The van der Waals surface area contributed by atoms with Crippen LogP contribution in [-0.2, 0) is 11.3 Å². The lowest BCUT2D eigenvalue weighted by molar-refractivity contribution is 0.0526. The highest BCUT2D eigenvalue weighted by molar-refractivity contribution is 6.31. The number of aromatic amines is 1. The van der Waals surface area contributed by atoms with E-state index >= 15 is 0 Å². The molecule has 0 amide bonds. The molecule has 2 aromatic carbocycles. The average molecular weight is 348 g/mol. The van der Waals surface area contributed by atoms with Crippen LogP contribution < -0.4 is 5.32 Å². The molecule has 0 fully saturated rings. The lowest BCUT2D eigenvalue weighted by Crippen LogP contribution is -2.04. The number of imidazole rings is 1. The van der Waals surface area contributed by atoms with Crippen molar-refractivity contribution >= 4 is 34.6 Å². The average Bonchev–Trinajstić information content (AvgIpc) is 2.96. The van der Waals surface area contributed by atoms with Crippen LogP contribution in [0.1, 0.15) is 22.8 Å². The third kappa shape index (κ3) is 3.33. The third-order valence-corrected chi connectivity index (χ3v) is 3.84. The molecular formula is C17H15ClFN3O2. The number of carbonyl (C=O) groups excluding carboxylic acids is 1. The number of rotatable bonds is 5. The van der Waals surface area contributed by atoms with E-state index in [1.54, 1.807) is 37.3 Å². The van der Waals surface area contributed by atoms with Crippen molar-refractivity contribution in [2.24, 2.45) is 0 Å². The van der Waals surface area contributed by atoms with Gasteiger partial charge in [-0.1, -0.05) is 17.7 Å². The van der Waals surface area contributed by atoms with Gasteiger partial charge in [0.1, 0.15) is 5.82 Å². The topological polar surface area (TPSA) is 67.0 Å². The first-order valence-corrected chi connectivity index (χ1v) is 7.80. The minimum absolute atomic E-state index is 0.191. The maximum absolute atomic E-state index is 13.8. The zero-order chi connectivity index (χ0) is 17.1. The summed E-state index contributed by atoms with van der Waals surface area (Å²) < 4.78 is 18.7.